The van der Waals surface area contributed by atoms with Gasteiger partial charge >= 0.3 is 0 Å². The molecule has 2 unspecified atom stereocenters. The fraction of sp³-hybridized carbons (Fsp3) is 0.444. The van der Waals surface area contributed by atoms with Crippen molar-refractivity contribution in [2.24, 2.45) is 0 Å². The van der Waals surface area contributed by atoms with E-state index >= 15 is 0 Å². The second-order valence-electron chi connectivity index (χ2n) is 15.5. The fourth-order valence-electron chi connectivity index (χ4n) is 9.10. The molecule has 0 aliphatic carbocycles. The summed E-state index contributed by atoms with van der Waals surface area (Å²) in [5, 5.41) is 20.7. The second kappa shape index (κ2) is 16.9. The molecule has 2 fully saturated rings. The SMILES string of the molecule is CCN1C(=O)C2(CCN(CC(O)COc3ccccc3)CC2)c2ccccc21.CN1CC2(CCN(CC(O)COc3ccccc3)CC2)c2ccccc21. The number of fused-ring (bicyclic) bond motifs is 4. The normalized spacial score (nSPS) is 19.9. The minimum absolute atomic E-state index is 0.240. The topological polar surface area (TPSA) is 89.0 Å². The Balaban J connectivity index is 0.000000167. The minimum atomic E-state index is -0.548. The summed E-state index contributed by atoms with van der Waals surface area (Å²) in [5.41, 5.74) is 5.03. The van der Waals surface area contributed by atoms with Crippen LogP contribution in [0.4, 0.5) is 11.4 Å². The van der Waals surface area contributed by atoms with E-state index in [1.807, 2.05) is 84.6 Å². The van der Waals surface area contributed by atoms with Gasteiger partial charge in [-0.25, -0.2) is 0 Å². The molecule has 2 spiro atoms. The van der Waals surface area contributed by atoms with Crippen LogP contribution in [0, 0.1) is 0 Å². The van der Waals surface area contributed by atoms with E-state index in [1.54, 1.807) is 0 Å². The Labute approximate surface area is 320 Å². The second-order valence-corrected chi connectivity index (χ2v) is 15.5. The van der Waals surface area contributed by atoms with Crippen molar-refractivity contribution in [1.82, 2.24) is 9.80 Å². The van der Waals surface area contributed by atoms with Gasteiger partial charge in [0.05, 0.1) is 5.41 Å². The molecule has 4 aliphatic heterocycles. The number of anilines is 2. The van der Waals surface area contributed by atoms with E-state index in [1.165, 1.54) is 16.8 Å². The van der Waals surface area contributed by atoms with Gasteiger partial charge in [0, 0.05) is 50.0 Å². The number of nitrogens with zero attached hydrogens (tertiary/aromatic N) is 4. The van der Waals surface area contributed by atoms with Gasteiger partial charge < -0.3 is 39.3 Å². The first-order chi connectivity index (χ1) is 26.3. The van der Waals surface area contributed by atoms with E-state index in [4.69, 9.17) is 9.47 Å². The van der Waals surface area contributed by atoms with Crippen LogP contribution >= 0.6 is 0 Å². The first kappa shape index (κ1) is 37.9. The van der Waals surface area contributed by atoms with Crippen molar-refractivity contribution in [3.05, 3.63) is 120 Å². The van der Waals surface area contributed by atoms with E-state index in [-0.39, 0.29) is 17.9 Å². The highest BCUT2D eigenvalue weighted by molar-refractivity contribution is 6.08. The highest BCUT2D eigenvalue weighted by Gasteiger charge is 2.51. The molecule has 4 heterocycles. The molecule has 8 rings (SSSR count). The molecule has 0 radical (unpaired) electrons. The summed E-state index contributed by atoms with van der Waals surface area (Å²) in [5.74, 6) is 1.82. The molecule has 2 saturated heterocycles. The molecule has 9 nitrogen and oxygen atoms in total. The number of aliphatic hydroxyl groups excluding tert-OH is 2. The molecular formula is C45H56N4O5. The average molecular weight is 733 g/mol. The first-order valence-electron chi connectivity index (χ1n) is 19.7. The lowest BCUT2D eigenvalue weighted by Gasteiger charge is -2.40. The quantitative estimate of drug-likeness (QED) is 0.202. The van der Waals surface area contributed by atoms with Crippen molar-refractivity contribution in [3.63, 3.8) is 0 Å². The van der Waals surface area contributed by atoms with Crippen molar-refractivity contribution in [2.45, 2.75) is 55.6 Å². The molecule has 4 aliphatic rings. The van der Waals surface area contributed by atoms with Crippen LogP contribution < -0.4 is 19.3 Å². The Hall–Kier alpha value is -4.41. The van der Waals surface area contributed by atoms with Gasteiger partial charge in [-0.1, -0.05) is 72.8 Å². The Kier molecular flexibility index (Phi) is 11.9. The van der Waals surface area contributed by atoms with E-state index in [0.29, 0.717) is 26.2 Å². The summed E-state index contributed by atoms with van der Waals surface area (Å²) in [7, 11) is 2.20. The van der Waals surface area contributed by atoms with Crippen molar-refractivity contribution in [1.29, 1.82) is 0 Å². The number of aliphatic hydroxyl groups is 2. The minimum Gasteiger partial charge on any atom is -0.491 e. The number of likely N-dealkylation sites (N-methyl/N-ethyl adjacent to an activating group) is 2. The highest BCUT2D eigenvalue weighted by Crippen LogP contribution is 2.48. The maximum absolute atomic E-state index is 13.2. The number of benzene rings is 4. The zero-order valence-corrected chi connectivity index (χ0v) is 31.9. The molecule has 2 N–H and O–H groups in total. The van der Waals surface area contributed by atoms with Gasteiger partial charge in [0.2, 0.25) is 5.91 Å². The summed E-state index contributed by atoms with van der Waals surface area (Å²) in [6.45, 7) is 9.39. The molecule has 0 saturated carbocycles. The van der Waals surface area contributed by atoms with Gasteiger partial charge in [-0.2, -0.15) is 0 Å². The molecule has 2 atom stereocenters. The van der Waals surface area contributed by atoms with Gasteiger partial charge in [0.1, 0.15) is 36.9 Å². The molecule has 1 amide bonds. The molecule has 0 aromatic heterocycles. The highest BCUT2D eigenvalue weighted by atomic mass is 16.5. The Morgan fingerprint density at radius 2 is 1.09 bits per heavy atom. The smallest absolute Gasteiger partial charge is 0.237 e. The molecule has 9 heteroatoms. The first-order valence-corrected chi connectivity index (χ1v) is 19.7. The third kappa shape index (κ3) is 8.15. The lowest BCUT2D eigenvalue weighted by molar-refractivity contribution is -0.125. The summed E-state index contributed by atoms with van der Waals surface area (Å²) < 4.78 is 11.3. The van der Waals surface area contributed by atoms with Gasteiger partial charge in [-0.05, 0) is 106 Å². The van der Waals surface area contributed by atoms with Gasteiger partial charge in [0.25, 0.3) is 0 Å². The third-order valence-corrected chi connectivity index (χ3v) is 11.9. The maximum Gasteiger partial charge on any atom is 0.237 e. The zero-order valence-electron chi connectivity index (χ0n) is 31.9. The number of hydrogen-bond donors (Lipinski definition) is 2. The maximum atomic E-state index is 13.2. The number of carbonyl (C=O) groups is 1. The van der Waals surface area contributed by atoms with Crippen molar-refractivity contribution < 1.29 is 24.5 Å². The van der Waals surface area contributed by atoms with Gasteiger partial charge in [-0.15, -0.1) is 0 Å². The van der Waals surface area contributed by atoms with Crippen LogP contribution in [0.3, 0.4) is 0 Å². The van der Waals surface area contributed by atoms with Crippen LogP contribution in [0.1, 0.15) is 43.7 Å². The predicted molar refractivity (Wildman–Crippen MR) is 215 cm³/mol. The largest absolute Gasteiger partial charge is 0.491 e. The van der Waals surface area contributed by atoms with Crippen LogP contribution in [0.25, 0.3) is 0 Å². The zero-order chi connectivity index (χ0) is 37.5. The average Bonchev–Trinajstić information content (AvgIpc) is 3.62. The van der Waals surface area contributed by atoms with Gasteiger partial charge in [0.15, 0.2) is 0 Å². The van der Waals surface area contributed by atoms with Crippen LogP contribution in [0.5, 0.6) is 11.5 Å². The van der Waals surface area contributed by atoms with Crippen molar-refractivity contribution in [3.8, 4) is 11.5 Å². The van der Waals surface area contributed by atoms with Crippen LogP contribution in [0.15, 0.2) is 109 Å². The van der Waals surface area contributed by atoms with E-state index in [2.05, 4.69) is 58.1 Å². The van der Waals surface area contributed by atoms with E-state index < -0.39 is 17.6 Å². The Morgan fingerprint density at radius 1 is 0.630 bits per heavy atom. The Bertz CT molecular complexity index is 1810. The number of hydrogen-bond acceptors (Lipinski definition) is 8. The summed E-state index contributed by atoms with van der Waals surface area (Å²) >= 11 is 0. The predicted octanol–water partition coefficient (Wildman–Crippen LogP) is 5.74. The lowest BCUT2D eigenvalue weighted by atomic mass is 9.73. The summed E-state index contributed by atoms with van der Waals surface area (Å²) in [6.07, 6.45) is 2.90. The van der Waals surface area contributed by atoms with Crippen molar-refractivity contribution >= 4 is 17.3 Å². The van der Waals surface area contributed by atoms with Crippen LogP contribution in [-0.4, -0.2) is 111 Å². The van der Waals surface area contributed by atoms with Crippen molar-refractivity contribution in [2.75, 3.05) is 82.4 Å². The number of amides is 1. The monoisotopic (exact) mass is 732 g/mol. The van der Waals surface area contributed by atoms with Crippen LogP contribution in [-0.2, 0) is 15.6 Å². The number of para-hydroxylation sites is 4. The fourth-order valence-corrected chi connectivity index (χ4v) is 9.10. The molecule has 4 aromatic carbocycles. The lowest BCUT2D eigenvalue weighted by Crippen LogP contribution is -2.50. The van der Waals surface area contributed by atoms with Gasteiger partial charge in [-0.3, -0.25) is 4.79 Å². The van der Waals surface area contributed by atoms with E-state index in [9.17, 15) is 15.0 Å². The number of carbonyl (C=O) groups excluding carboxylic acids is 1. The summed E-state index contributed by atoms with van der Waals surface area (Å²) in [4.78, 5) is 22.1. The summed E-state index contributed by atoms with van der Waals surface area (Å²) in [6, 6.07) is 36.3. The number of β-amino-alcohol motifs (C(OH)–C–C–N with tert-alkyl or cyclic N) is 2. The van der Waals surface area contributed by atoms with Crippen LogP contribution in [0.2, 0.25) is 0 Å². The third-order valence-electron chi connectivity index (χ3n) is 11.9. The number of piperidine rings is 2. The number of ether oxygens (including phenoxy) is 2. The number of likely N-dealkylation sites (tertiary alicyclic amines) is 2. The molecule has 286 valence electrons. The standard InChI is InChI=1S/C23H28N2O3.C22H28N2O2/c1-2-25-21-11-7-6-10-20(21)23(22(25)27)12-14-24(15-13-23)16-18(26)17-28-19-8-4-3-5-9-19;1-23-17-22(20-9-5-6-10-21(20)23)11-13-24(14-12-22)15-18(25)16-26-19-7-3-2-4-8-19/h3-11,18,26H,2,12-17H2,1H3;2-10,18,25H,11-17H2,1H3. The Morgan fingerprint density at radius 3 is 1.63 bits per heavy atom. The van der Waals surface area contributed by atoms with E-state index in [0.717, 1.165) is 75.6 Å². The molecule has 0 bridgehead atoms. The molecular weight excluding hydrogens is 677 g/mol. The molecule has 54 heavy (non-hydrogen) atoms. The molecule has 4 aromatic rings. The number of rotatable bonds is 11.